The average Bonchev–Trinajstić information content (AvgIpc) is 2.84. The number of nitrogens with zero attached hydrogens (tertiary/aromatic N) is 2. The predicted octanol–water partition coefficient (Wildman–Crippen LogP) is 1.50. The Morgan fingerprint density at radius 2 is 2.40 bits per heavy atom. The van der Waals surface area contributed by atoms with Crippen LogP contribution in [0.2, 0.25) is 0 Å². The summed E-state index contributed by atoms with van der Waals surface area (Å²) in [4.78, 5) is 28.8. The van der Waals surface area contributed by atoms with E-state index in [1.165, 1.54) is 0 Å². The molecule has 1 fully saturated rings. The van der Waals surface area contributed by atoms with Crippen LogP contribution in [0.25, 0.3) is 0 Å². The van der Waals surface area contributed by atoms with Gasteiger partial charge in [-0.1, -0.05) is 0 Å². The number of aromatic nitrogens is 1. The SMILES string of the molecule is Cc1csc(CCNC(=O)N2CCC[C@H](C(=O)O)C2)n1. The third-order valence-electron chi connectivity index (χ3n) is 3.34. The largest absolute Gasteiger partial charge is 0.481 e. The highest BCUT2D eigenvalue weighted by molar-refractivity contribution is 7.09. The number of aliphatic carboxylic acids is 1. The van der Waals surface area contributed by atoms with E-state index in [0.29, 0.717) is 32.5 Å². The Morgan fingerprint density at radius 1 is 1.60 bits per heavy atom. The van der Waals surface area contributed by atoms with Crippen LogP contribution in [-0.4, -0.2) is 46.6 Å². The molecule has 2 rings (SSSR count). The van der Waals surface area contributed by atoms with Gasteiger partial charge in [-0.25, -0.2) is 9.78 Å². The zero-order valence-electron chi connectivity index (χ0n) is 11.5. The second-order valence-corrected chi connectivity index (χ2v) is 5.93. The molecular formula is C13H19N3O3S. The van der Waals surface area contributed by atoms with Gasteiger partial charge in [0.15, 0.2) is 0 Å². The lowest BCUT2D eigenvalue weighted by Gasteiger charge is -2.30. The highest BCUT2D eigenvalue weighted by Gasteiger charge is 2.27. The first-order valence-corrected chi connectivity index (χ1v) is 7.61. The number of carboxylic acids is 1. The fourth-order valence-corrected chi connectivity index (χ4v) is 3.04. The molecule has 0 radical (unpaired) electrons. The maximum absolute atomic E-state index is 12.0. The number of amides is 2. The predicted molar refractivity (Wildman–Crippen MR) is 75.9 cm³/mol. The number of piperidine rings is 1. The maximum Gasteiger partial charge on any atom is 0.317 e. The standard InChI is InChI=1S/C13H19N3O3S/c1-9-8-20-11(15-9)4-5-14-13(19)16-6-2-3-10(7-16)12(17)18/h8,10H,2-7H2,1H3,(H,14,19)(H,17,18)/t10-/m0/s1. The first-order chi connectivity index (χ1) is 9.56. The summed E-state index contributed by atoms with van der Waals surface area (Å²) in [5.74, 6) is -1.25. The second kappa shape index (κ2) is 6.69. The molecule has 1 aliphatic heterocycles. The highest BCUT2D eigenvalue weighted by atomic mass is 32.1. The number of carboxylic acid groups (broad SMARTS) is 1. The number of thiazole rings is 1. The summed E-state index contributed by atoms with van der Waals surface area (Å²) in [6.45, 7) is 3.40. The van der Waals surface area contributed by atoms with Gasteiger partial charge in [-0.3, -0.25) is 4.79 Å². The molecule has 110 valence electrons. The first-order valence-electron chi connectivity index (χ1n) is 6.73. The minimum atomic E-state index is -0.819. The van der Waals surface area contributed by atoms with Gasteiger partial charge in [0.1, 0.15) is 0 Å². The van der Waals surface area contributed by atoms with Gasteiger partial charge in [-0.15, -0.1) is 11.3 Å². The van der Waals surface area contributed by atoms with E-state index >= 15 is 0 Å². The van der Waals surface area contributed by atoms with Crippen LogP contribution < -0.4 is 5.32 Å². The molecule has 1 aromatic rings. The molecule has 1 atom stereocenters. The molecule has 0 saturated carbocycles. The van der Waals surface area contributed by atoms with Gasteiger partial charge in [0.05, 0.1) is 10.9 Å². The highest BCUT2D eigenvalue weighted by Crippen LogP contribution is 2.16. The summed E-state index contributed by atoms with van der Waals surface area (Å²) in [5.41, 5.74) is 0.997. The summed E-state index contributed by atoms with van der Waals surface area (Å²) >= 11 is 1.59. The smallest absolute Gasteiger partial charge is 0.317 e. The Bertz CT molecular complexity index is 489. The van der Waals surface area contributed by atoms with E-state index in [9.17, 15) is 9.59 Å². The third-order valence-corrected chi connectivity index (χ3v) is 4.37. The topological polar surface area (TPSA) is 82.5 Å². The lowest BCUT2D eigenvalue weighted by molar-refractivity contribution is -0.143. The molecule has 0 aromatic carbocycles. The molecule has 1 aromatic heterocycles. The van der Waals surface area contributed by atoms with Gasteiger partial charge in [0.2, 0.25) is 0 Å². The van der Waals surface area contributed by atoms with E-state index in [2.05, 4.69) is 10.3 Å². The van der Waals surface area contributed by atoms with Crippen molar-refractivity contribution in [3.05, 3.63) is 16.1 Å². The summed E-state index contributed by atoms with van der Waals surface area (Å²) < 4.78 is 0. The lowest BCUT2D eigenvalue weighted by atomic mass is 9.99. The van der Waals surface area contributed by atoms with Crippen LogP contribution in [-0.2, 0) is 11.2 Å². The van der Waals surface area contributed by atoms with Crippen molar-refractivity contribution in [3.8, 4) is 0 Å². The van der Waals surface area contributed by atoms with E-state index in [1.807, 2.05) is 12.3 Å². The second-order valence-electron chi connectivity index (χ2n) is 4.99. The first kappa shape index (κ1) is 14.8. The van der Waals surface area contributed by atoms with Crippen LogP contribution in [0.5, 0.6) is 0 Å². The number of nitrogens with one attached hydrogen (secondary N) is 1. The zero-order valence-corrected chi connectivity index (χ0v) is 12.3. The van der Waals surface area contributed by atoms with Gasteiger partial charge < -0.3 is 15.3 Å². The van der Waals surface area contributed by atoms with Crippen molar-refractivity contribution in [1.82, 2.24) is 15.2 Å². The Hall–Kier alpha value is -1.63. The summed E-state index contributed by atoms with van der Waals surface area (Å²) in [6, 6.07) is -0.177. The van der Waals surface area contributed by atoms with Gasteiger partial charge in [-0.2, -0.15) is 0 Å². The van der Waals surface area contributed by atoms with Crippen molar-refractivity contribution < 1.29 is 14.7 Å². The Morgan fingerprint density at radius 3 is 3.05 bits per heavy atom. The molecule has 6 nitrogen and oxygen atoms in total. The monoisotopic (exact) mass is 297 g/mol. The van der Waals surface area contributed by atoms with Gasteiger partial charge in [-0.05, 0) is 19.8 Å². The lowest BCUT2D eigenvalue weighted by Crippen LogP contribution is -2.47. The van der Waals surface area contributed by atoms with Crippen LogP contribution in [0, 0.1) is 12.8 Å². The van der Waals surface area contributed by atoms with E-state index in [0.717, 1.165) is 17.1 Å². The molecule has 1 saturated heterocycles. The van der Waals surface area contributed by atoms with Crippen molar-refractivity contribution in [2.24, 2.45) is 5.92 Å². The van der Waals surface area contributed by atoms with Crippen molar-refractivity contribution in [3.63, 3.8) is 0 Å². The van der Waals surface area contributed by atoms with Crippen LogP contribution >= 0.6 is 11.3 Å². The van der Waals surface area contributed by atoms with Crippen molar-refractivity contribution in [1.29, 1.82) is 0 Å². The quantitative estimate of drug-likeness (QED) is 0.882. The van der Waals surface area contributed by atoms with E-state index < -0.39 is 11.9 Å². The van der Waals surface area contributed by atoms with Crippen molar-refractivity contribution in [2.75, 3.05) is 19.6 Å². The molecule has 2 heterocycles. The van der Waals surface area contributed by atoms with Crippen LogP contribution in [0.15, 0.2) is 5.38 Å². The maximum atomic E-state index is 12.0. The van der Waals surface area contributed by atoms with E-state index in [1.54, 1.807) is 16.2 Å². The summed E-state index contributed by atoms with van der Waals surface area (Å²) in [7, 11) is 0. The molecule has 20 heavy (non-hydrogen) atoms. The summed E-state index contributed by atoms with van der Waals surface area (Å²) in [5, 5.41) is 14.8. The molecule has 2 amide bonds. The van der Waals surface area contributed by atoms with Gasteiger partial charge in [0, 0.05) is 37.1 Å². The van der Waals surface area contributed by atoms with Crippen molar-refractivity contribution in [2.45, 2.75) is 26.2 Å². The molecular weight excluding hydrogens is 278 g/mol. The normalized spacial score (nSPS) is 18.9. The van der Waals surface area contributed by atoms with Crippen LogP contribution in [0.1, 0.15) is 23.5 Å². The van der Waals surface area contributed by atoms with E-state index in [-0.39, 0.29) is 6.03 Å². The Labute approximate surface area is 121 Å². The van der Waals surface area contributed by atoms with Crippen LogP contribution in [0.3, 0.4) is 0 Å². The molecule has 0 bridgehead atoms. The van der Waals surface area contributed by atoms with Crippen LogP contribution in [0.4, 0.5) is 4.79 Å². The fourth-order valence-electron chi connectivity index (χ4n) is 2.27. The number of urea groups is 1. The summed E-state index contributed by atoms with van der Waals surface area (Å²) in [6.07, 6.45) is 2.11. The van der Waals surface area contributed by atoms with Gasteiger partial charge in [0.25, 0.3) is 0 Å². The molecule has 0 unspecified atom stereocenters. The number of carbonyl (C=O) groups excluding carboxylic acids is 1. The number of hydrogen-bond acceptors (Lipinski definition) is 4. The van der Waals surface area contributed by atoms with Crippen molar-refractivity contribution >= 4 is 23.3 Å². The average molecular weight is 297 g/mol. The Balaban J connectivity index is 1.75. The Kier molecular flexibility index (Phi) is 4.94. The number of likely N-dealkylation sites (tertiary alicyclic amines) is 1. The number of rotatable bonds is 4. The molecule has 0 aliphatic carbocycles. The molecule has 0 spiro atoms. The van der Waals surface area contributed by atoms with Gasteiger partial charge >= 0.3 is 12.0 Å². The van der Waals surface area contributed by atoms with E-state index in [4.69, 9.17) is 5.11 Å². The zero-order chi connectivity index (χ0) is 14.5. The molecule has 2 N–H and O–H groups in total. The molecule has 7 heteroatoms. The molecule has 1 aliphatic rings. The number of carbonyl (C=O) groups is 2. The third kappa shape index (κ3) is 3.93. The number of aryl methyl sites for hydroxylation is 1. The minimum absolute atomic E-state index is 0.177. The fraction of sp³-hybridized carbons (Fsp3) is 0.615. The minimum Gasteiger partial charge on any atom is -0.481 e. The number of hydrogen-bond donors (Lipinski definition) is 2.